The summed E-state index contributed by atoms with van der Waals surface area (Å²) in [4.78, 5) is 27.9. The summed E-state index contributed by atoms with van der Waals surface area (Å²) in [6.07, 6.45) is 0. The Morgan fingerprint density at radius 2 is 1.66 bits per heavy atom. The fraction of sp³-hybridized carbons (Fsp3) is 0.391. The van der Waals surface area contributed by atoms with Gasteiger partial charge in [0, 0.05) is 18.7 Å². The van der Waals surface area contributed by atoms with E-state index >= 15 is 0 Å². The maximum Gasteiger partial charge on any atom is 0.251 e. The second-order valence-corrected chi connectivity index (χ2v) is 7.67. The Morgan fingerprint density at radius 3 is 2.31 bits per heavy atom. The number of carbonyl (C=O) groups excluding carboxylic acids is 2. The number of amides is 2. The summed E-state index contributed by atoms with van der Waals surface area (Å²) in [5, 5.41) is 5.91. The van der Waals surface area contributed by atoms with Crippen LogP contribution < -0.4 is 15.5 Å². The van der Waals surface area contributed by atoms with Gasteiger partial charge in [-0.2, -0.15) is 0 Å². The van der Waals surface area contributed by atoms with Crippen LogP contribution in [0.2, 0.25) is 0 Å². The molecule has 1 fully saturated rings. The van der Waals surface area contributed by atoms with Crippen molar-refractivity contribution in [1.82, 2.24) is 5.32 Å². The largest absolute Gasteiger partial charge is 0.378 e. The Morgan fingerprint density at radius 1 is 1.00 bits per heavy atom. The summed E-state index contributed by atoms with van der Waals surface area (Å²) in [6, 6.07) is 14.4. The van der Waals surface area contributed by atoms with Crippen LogP contribution in [-0.2, 0) is 9.53 Å². The summed E-state index contributed by atoms with van der Waals surface area (Å²) >= 11 is 0. The van der Waals surface area contributed by atoms with Crippen LogP contribution in [-0.4, -0.2) is 44.2 Å². The second-order valence-electron chi connectivity index (χ2n) is 7.67. The monoisotopic (exact) mass is 395 g/mol. The van der Waals surface area contributed by atoms with Crippen molar-refractivity contribution in [2.75, 3.05) is 36.5 Å². The molecule has 0 spiro atoms. The highest BCUT2D eigenvalue weighted by atomic mass is 16.5. The van der Waals surface area contributed by atoms with E-state index in [1.165, 1.54) is 0 Å². The number of para-hydroxylation sites is 2. The summed E-state index contributed by atoms with van der Waals surface area (Å²) in [5.41, 5.74) is 3.34. The first-order chi connectivity index (χ1) is 14.0. The number of carbonyl (C=O) groups is 2. The van der Waals surface area contributed by atoms with Crippen LogP contribution in [0.25, 0.3) is 0 Å². The van der Waals surface area contributed by atoms with E-state index in [1.807, 2.05) is 57.2 Å². The minimum absolute atomic E-state index is 0.0556. The SMILES string of the molecule is Cc1ccc(C(=O)NC(C(=O)Nc2ccccc2N2CCOCC2)C(C)C)cc1. The number of nitrogens with zero attached hydrogens (tertiary/aromatic N) is 1. The zero-order valence-corrected chi connectivity index (χ0v) is 17.3. The molecule has 0 aromatic heterocycles. The van der Waals surface area contributed by atoms with Crippen molar-refractivity contribution in [2.24, 2.45) is 5.92 Å². The van der Waals surface area contributed by atoms with Crippen molar-refractivity contribution in [1.29, 1.82) is 0 Å². The van der Waals surface area contributed by atoms with Gasteiger partial charge in [-0.15, -0.1) is 0 Å². The van der Waals surface area contributed by atoms with Crippen molar-refractivity contribution >= 4 is 23.2 Å². The molecule has 2 amide bonds. The van der Waals surface area contributed by atoms with E-state index in [0.29, 0.717) is 18.8 Å². The van der Waals surface area contributed by atoms with Crippen molar-refractivity contribution in [3.8, 4) is 0 Å². The summed E-state index contributed by atoms with van der Waals surface area (Å²) in [7, 11) is 0. The average Bonchev–Trinajstić information content (AvgIpc) is 2.73. The van der Waals surface area contributed by atoms with Gasteiger partial charge in [0.15, 0.2) is 0 Å². The zero-order valence-electron chi connectivity index (χ0n) is 17.3. The zero-order chi connectivity index (χ0) is 20.8. The molecule has 1 atom stereocenters. The van der Waals surface area contributed by atoms with Gasteiger partial charge in [-0.05, 0) is 37.1 Å². The van der Waals surface area contributed by atoms with Crippen LogP contribution in [0.3, 0.4) is 0 Å². The van der Waals surface area contributed by atoms with Crippen molar-refractivity contribution < 1.29 is 14.3 Å². The minimum atomic E-state index is -0.637. The molecule has 0 bridgehead atoms. The molecule has 0 saturated carbocycles. The third kappa shape index (κ3) is 5.35. The fourth-order valence-corrected chi connectivity index (χ4v) is 3.33. The predicted octanol–water partition coefficient (Wildman–Crippen LogP) is 3.22. The molecule has 6 nitrogen and oxygen atoms in total. The second kappa shape index (κ2) is 9.56. The molecule has 154 valence electrons. The van der Waals surface area contributed by atoms with Gasteiger partial charge in [-0.3, -0.25) is 9.59 Å². The lowest BCUT2D eigenvalue weighted by atomic mass is 10.0. The molecule has 1 unspecified atom stereocenters. The standard InChI is InChI=1S/C23H29N3O3/c1-16(2)21(25-22(27)18-10-8-17(3)9-11-18)23(28)24-19-6-4-5-7-20(19)26-12-14-29-15-13-26/h4-11,16,21H,12-15H2,1-3H3,(H,24,28)(H,25,27). The fourth-order valence-electron chi connectivity index (χ4n) is 3.33. The maximum atomic E-state index is 13.0. The number of rotatable bonds is 6. The van der Waals surface area contributed by atoms with Crippen LogP contribution >= 0.6 is 0 Å². The molecule has 0 radical (unpaired) electrons. The number of benzene rings is 2. The quantitative estimate of drug-likeness (QED) is 0.788. The van der Waals surface area contributed by atoms with Gasteiger partial charge in [0.1, 0.15) is 6.04 Å². The van der Waals surface area contributed by atoms with E-state index in [9.17, 15) is 9.59 Å². The summed E-state index contributed by atoms with van der Waals surface area (Å²) < 4.78 is 5.43. The van der Waals surface area contributed by atoms with Crippen LogP contribution in [0.15, 0.2) is 48.5 Å². The number of hydrogen-bond acceptors (Lipinski definition) is 4. The first-order valence-corrected chi connectivity index (χ1v) is 10.1. The van der Waals surface area contributed by atoms with Gasteiger partial charge < -0.3 is 20.3 Å². The molecule has 1 heterocycles. The third-order valence-electron chi connectivity index (χ3n) is 5.06. The van der Waals surface area contributed by atoms with E-state index in [0.717, 1.165) is 30.0 Å². The lowest BCUT2D eigenvalue weighted by Gasteiger charge is -2.31. The summed E-state index contributed by atoms with van der Waals surface area (Å²) in [6.45, 7) is 8.72. The number of morpholine rings is 1. The average molecular weight is 396 g/mol. The lowest BCUT2D eigenvalue weighted by molar-refractivity contribution is -0.118. The molecule has 2 aromatic rings. The Kier molecular flexibility index (Phi) is 6.88. The van der Waals surface area contributed by atoms with E-state index in [1.54, 1.807) is 12.1 Å². The number of hydrogen-bond donors (Lipinski definition) is 2. The lowest BCUT2D eigenvalue weighted by Crippen LogP contribution is -2.47. The Bertz CT molecular complexity index is 843. The molecule has 0 aliphatic carbocycles. The van der Waals surface area contributed by atoms with Crippen LogP contribution in [0.5, 0.6) is 0 Å². The smallest absolute Gasteiger partial charge is 0.251 e. The van der Waals surface area contributed by atoms with Gasteiger partial charge in [0.05, 0.1) is 24.6 Å². The van der Waals surface area contributed by atoms with Gasteiger partial charge in [-0.1, -0.05) is 43.7 Å². The van der Waals surface area contributed by atoms with Gasteiger partial charge in [0.25, 0.3) is 5.91 Å². The first kappa shape index (κ1) is 20.9. The summed E-state index contributed by atoms with van der Waals surface area (Å²) in [5.74, 6) is -0.526. The number of anilines is 2. The Hall–Kier alpha value is -2.86. The molecule has 6 heteroatoms. The highest BCUT2D eigenvalue weighted by molar-refractivity contribution is 6.02. The third-order valence-corrected chi connectivity index (χ3v) is 5.06. The number of ether oxygens (including phenoxy) is 1. The number of nitrogens with one attached hydrogen (secondary N) is 2. The van der Waals surface area contributed by atoms with Gasteiger partial charge in [0.2, 0.25) is 5.91 Å². The van der Waals surface area contributed by atoms with Crippen molar-refractivity contribution in [3.63, 3.8) is 0 Å². The van der Waals surface area contributed by atoms with Crippen molar-refractivity contribution in [3.05, 3.63) is 59.7 Å². The molecule has 1 aliphatic rings. The first-order valence-electron chi connectivity index (χ1n) is 10.1. The van der Waals surface area contributed by atoms with Crippen molar-refractivity contribution in [2.45, 2.75) is 26.8 Å². The van der Waals surface area contributed by atoms with Gasteiger partial charge in [-0.25, -0.2) is 0 Å². The predicted molar refractivity (Wildman–Crippen MR) is 115 cm³/mol. The molecule has 2 N–H and O–H groups in total. The molecule has 1 aliphatic heterocycles. The van der Waals surface area contributed by atoms with Gasteiger partial charge >= 0.3 is 0 Å². The highest BCUT2D eigenvalue weighted by Gasteiger charge is 2.26. The number of aryl methyl sites for hydroxylation is 1. The van der Waals surface area contributed by atoms with Crippen LogP contribution in [0.1, 0.15) is 29.8 Å². The molecule has 3 rings (SSSR count). The van der Waals surface area contributed by atoms with Crippen LogP contribution in [0.4, 0.5) is 11.4 Å². The molecular weight excluding hydrogens is 366 g/mol. The maximum absolute atomic E-state index is 13.0. The molecule has 2 aromatic carbocycles. The normalized spacial score (nSPS) is 15.1. The van der Waals surface area contributed by atoms with E-state index in [2.05, 4.69) is 15.5 Å². The van der Waals surface area contributed by atoms with Crippen LogP contribution in [0, 0.1) is 12.8 Å². The van der Waals surface area contributed by atoms with E-state index < -0.39 is 6.04 Å². The van der Waals surface area contributed by atoms with E-state index in [4.69, 9.17) is 4.74 Å². The Balaban J connectivity index is 1.73. The topological polar surface area (TPSA) is 70.7 Å². The molecule has 29 heavy (non-hydrogen) atoms. The van der Waals surface area contributed by atoms with E-state index in [-0.39, 0.29) is 17.7 Å². The molecular formula is C23H29N3O3. The molecule has 1 saturated heterocycles. The minimum Gasteiger partial charge on any atom is -0.378 e. The Labute approximate surface area is 172 Å². The highest BCUT2D eigenvalue weighted by Crippen LogP contribution is 2.26.